The predicted molar refractivity (Wildman–Crippen MR) is 89.8 cm³/mol. The summed E-state index contributed by atoms with van der Waals surface area (Å²) in [5, 5.41) is 0. The highest BCUT2D eigenvalue weighted by atomic mass is 79.9. The number of hydrogen-bond acceptors (Lipinski definition) is 0. The third-order valence-electron chi connectivity index (χ3n) is 3.47. The van der Waals surface area contributed by atoms with Crippen LogP contribution in [0.4, 0.5) is 0 Å². The minimum Gasteiger partial charge on any atom is -1.00 e. The smallest absolute Gasteiger partial charge is 0.212 e. The Hall–Kier alpha value is -1.71. The van der Waals surface area contributed by atoms with Crippen LogP contribution in [0.2, 0.25) is 0 Å². The molecular weight excluding hydrogens is 338 g/mol. The number of halogens is 1. The molecule has 0 amide bonds. The molecule has 0 aliphatic rings. The number of rotatable bonds is 6. The summed E-state index contributed by atoms with van der Waals surface area (Å²) >= 11 is 0. The lowest BCUT2D eigenvalue weighted by Gasteiger charge is -2.07. The van der Waals surface area contributed by atoms with Crippen molar-refractivity contribution < 1.29 is 27.0 Å². The zero-order valence-electron chi connectivity index (χ0n) is 13.1. The fourth-order valence-electron chi connectivity index (χ4n) is 2.27. The van der Waals surface area contributed by atoms with Crippen LogP contribution in [-0.2, 0) is 6.54 Å². The molecule has 2 rings (SSSR count). The third-order valence-corrected chi connectivity index (χ3v) is 3.47. The Bertz CT molecular complexity index is 622. The molecule has 0 radical (unpaired) electrons. The molecule has 2 nitrogen and oxygen atoms in total. The number of nitrogens with zero attached hydrogens (tertiary/aromatic N) is 1. The topological polar surface area (TPSA) is 35.4 Å². The molecule has 1 aromatic heterocycles. The molecule has 0 aliphatic heterocycles. The van der Waals surface area contributed by atoms with Crippen LogP contribution in [-0.4, -0.2) is 5.48 Å². The Morgan fingerprint density at radius 1 is 1.18 bits per heavy atom. The van der Waals surface area contributed by atoms with Crippen LogP contribution in [0.25, 0.3) is 11.6 Å². The van der Waals surface area contributed by atoms with Crippen LogP contribution in [0.15, 0.2) is 61.8 Å². The molecule has 2 N–H and O–H groups in total. The molecule has 0 unspecified atom stereocenters. The van der Waals surface area contributed by atoms with Crippen molar-refractivity contribution in [3.63, 3.8) is 0 Å². The van der Waals surface area contributed by atoms with Gasteiger partial charge in [-0.2, -0.15) is 4.57 Å². The summed E-state index contributed by atoms with van der Waals surface area (Å²) in [5.74, 6) is 0. The summed E-state index contributed by atoms with van der Waals surface area (Å²) < 4.78 is 2.28. The number of pyridine rings is 1. The van der Waals surface area contributed by atoms with E-state index in [1.807, 2.05) is 6.08 Å². The van der Waals surface area contributed by atoms with E-state index < -0.39 is 0 Å². The van der Waals surface area contributed by atoms with E-state index in [1.54, 1.807) is 0 Å². The Morgan fingerprint density at radius 3 is 2.64 bits per heavy atom. The minimum absolute atomic E-state index is 0. The Kier molecular flexibility index (Phi) is 9.31. The van der Waals surface area contributed by atoms with Crippen LogP contribution in [0.1, 0.15) is 36.6 Å². The van der Waals surface area contributed by atoms with Gasteiger partial charge in [0.1, 0.15) is 6.54 Å². The van der Waals surface area contributed by atoms with Crippen molar-refractivity contribution >= 4 is 11.6 Å². The summed E-state index contributed by atoms with van der Waals surface area (Å²) in [7, 11) is 0. The summed E-state index contributed by atoms with van der Waals surface area (Å²) in [4.78, 5) is 0. The minimum atomic E-state index is 0. The zero-order chi connectivity index (χ0) is 14.4. The van der Waals surface area contributed by atoms with Gasteiger partial charge in [-0.05, 0) is 23.3 Å². The monoisotopic (exact) mass is 361 g/mol. The molecule has 3 heteroatoms. The van der Waals surface area contributed by atoms with Gasteiger partial charge in [0.15, 0.2) is 6.20 Å². The van der Waals surface area contributed by atoms with Gasteiger partial charge in [0, 0.05) is 24.1 Å². The second kappa shape index (κ2) is 10.1. The van der Waals surface area contributed by atoms with Gasteiger partial charge in [0.05, 0.1) is 0 Å². The number of aromatic nitrogens is 1. The molecule has 118 valence electrons. The lowest BCUT2D eigenvalue weighted by molar-refractivity contribution is -0.699. The van der Waals surface area contributed by atoms with Gasteiger partial charge in [-0.15, -0.1) is 0 Å². The molecule has 0 spiro atoms. The van der Waals surface area contributed by atoms with E-state index in [9.17, 15) is 0 Å². The number of benzene rings is 1. The van der Waals surface area contributed by atoms with E-state index in [4.69, 9.17) is 0 Å². The van der Waals surface area contributed by atoms with Gasteiger partial charge in [0.25, 0.3) is 0 Å². The van der Waals surface area contributed by atoms with Crippen molar-refractivity contribution in [2.75, 3.05) is 0 Å². The van der Waals surface area contributed by atoms with Crippen LogP contribution < -0.4 is 21.5 Å². The van der Waals surface area contributed by atoms with Crippen LogP contribution in [0.5, 0.6) is 0 Å². The molecule has 0 bridgehead atoms. The molecular formula is C19H24BrNO. The SMILES string of the molecule is C=Cc1cccc(C(=C)c2cccc[n+]2CCCC)c1.O.[Br-]. The first kappa shape index (κ1) is 20.3. The summed E-state index contributed by atoms with van der Waals surface area (Å²) in [6.45, 7) is 11.4. The van der Waals surface area contributed by atoms with Crippen molar-refractivity contribution in [3.05, 3.63) is 78.6 Å². The maximum Gasteiger partial charge on any atom is 0.212 e. The van der Waals surface area contributed by atoms with E-state index in [0.717, 1.165) is 23.2 Å². The Balaban J connectivity index is 0.00000220. The van der Waals surface area contributed by atoms with E-state index >= 15 is 0 Å². The van der Waals surface area contributed by atoms with Crippen molar-refractivity contribution in [1.29, 1.82) is 0 Å². The average Bonchev–Trinajstić information content (AvgIpc) is 2.52. The maximum absolute atomic E-state index is 4.28. The van der Waals surface area contributed by atoms with E-state index in [1.165, 1.54) is 18.5 Å². The van der Waals surface area contributed by atoms with Crippen molar-refractivity contribution in [3.8, 4) is 0 Å². The summed E-state index contributed by atoms with van der Waals surface area (Å²) in [6, 6.07) is 14.6. The molecule has 0 saturated carbocycles. The first-order valence-electron chi connectivity index (χ1n) is 7.17. The third kappa shape index (κ3) is 4.93. The van der Waals surface area contributed by atoms with E-state index in [-0.39, 0.29) is 22.5 Å². The number of unbranched alkanes of at least 4 members (excludes halogenated alkanes) is 1. The molecule has 0 saturated heterocycles. The predicted octanol–water partition coefficient (Wildman–Crippen LogP) is 0.658. The van der Waals surface area contributed by atoms with E-state index in [0.29, 0.717) is 0 Å². The van der Waals surface area contributed by atoms with Gasteiger partial charge in [-0.25, -0.2) is 0 Å². The Morgan fingerprint density at radius 2 is 1.95 bits per heavy atom. The lowest BCUT2D eigenvalue weighted by Crippen LogP contribution is -3.00. The molecule has 1 heterocycles. The largest absolute Gasteiger partial charge is 1.00 e. The molecule has 0 aliphatic carbocycles. The van der Waals surface area contributed by atoms with Gasteiger partial charge in [-0.3, -0.25) is 0 Å². The Labute approximate surface area is 143 Å². The van der Waals surface area contributed by atoms with Crippen molar-refractivity contribution in [2.24, 2.45) is 0 Å². The standard InChI is InChI=1S/C19H22N.BrH.H2O/c1-4-6-13-20-14-8-7-12-19(20)16(3)18-11-9-10-17(5-2)15-18;;/h5,7-12,14-15H,2-4,6,13H2,1H3;1H;1H2/q+1;;/p-1. The second-order valence-electron chi connectivity index (χ2n) is 4.94. The highest BCUT2D eigenvalue weighted by molar-refractivity contribution is 5.75. The fraction of sp³-hybridized carbons (Fsp3) is 0.211. The summed E-state index contributed by atoms with van der Waals surface area (Å²) in [5.41, 5.74) is 4.52. The van der Waals surface area contributed by atoms with Gasteiger partial charge in [0.2, 0.25) is 5.69 Å². The van der Waals surface area contributed by atoms with Crippen molar-refractivity contribution in [1.82, 2.24) is 0 Å². The van der Waals surface area contributed by atoms with Crippen LogP contribution in [0.3, 0.4) is 0 Å². The number of hydrogen-bond donors (Lipinski definition) is 0. The van der Waals surface area contributed by atoms with Crippen LogP contribution in [0, 0.1) is 0 Å². The zero-order valence-corrected chi connectivity index (χ0v) is 14.6. The quantitative estimate of drug-likeness (QED) is 0.677. The molecule has 1 aromatic carbocycles. The summed E-state index contributed by atoms with van der Waals surface area (Å²) in [6.07, 6.45) is 6.38. The average molecular weight is 362 g/mol. The first-order chi connectivity index (χ1) is 9.76. The highest BCUT2D eigenvalue weighted by Gasteiger charge is 2.14. The van der Waals surface area contributed by atoms with Gasteiger partial charge >= 0.3 is 0 Å². The second-order valence-corrected chi connectivity index (χ2v) is 4.94. The number of aryl methyl sites for hydroxylation is 1. The molecule has 0 atom stereocenters. The fourth-order valence-corrected chi connectivity index (χ4v) is 2.27. The molecule has 2 aromatic rings. The lowest BCUT2D eigenvalue weighted by atomic mass is 10.0. The molecule has 0 fully saturated rings. The maximum atomic E-state index is 4.28. The van der Waals surface area contributed by atoms with Gasteiger partial charge < -0.3 is 22.5 Å². The van der Waals surface area contributed by atoms with Gasteiger partial charge in [-0.1, -0.05) is 50.8 Å². The molecule has 22 heavy (non-hydrogen) atoms. The normalized spacial score (nSPS) is 9.32. The van der Waals surface area contributed by atoms with E-state index in [2.05, 4.69) is 73.3 Å². The van der Waals surface area contributed by atoms with Crippen molar-refractivity contribution in [2.45, 2.75) is 26.3 Å². The van der Waals surface area contributed by atoms with Crippen LogP contribution >= 0.6 is 0 Å². The highest BCUT2D eigenvalue weighted by Crippen LogP contribution is 2.20. The first-order valence-corrected chi connectivity index (χ1v) is 7.17.